The topological polar surface area (TPSA) is 27.7 Å². The van der Waals surface area contributed by atoms with Crippen LogP contribution in [0.4, 0.5) is 8.78 Å². The minimum atomic E-state index is -0.868. The van der Waals surface area contributed by atoms with E-state index >= 15 is 0 Å². The molecule has 0 radical (unpaired) electrons. The van der Waals surface area contributed by atoms with Crippen molar-refractivity contribution in [2.45, 2.75) is 76.9 Å². The van der Waals surface area contributed by atoms with Crippen LogP contribution in [-0.2, 0) is 9.47 Å². The Labute approximate surface area is 161 Å². The van der Waals surface area contributed by atoms with Gasteiger partial charge in [0.25, 0.3) is 0 Å². The lowest BCUT2D eigenvalue weighted by molar-refractivity contribution is -0.0851. The molecule has 1 aromatic carbocycles. The molecule has 2 fully saturated rings. The van der Waals surface area contributed by atoms with Gasteiger partial charge in [0.2, 0.25) is 5.82 Å². The monoisotopic (exact) mass is 382 g/mol. The molecule has 1 aromatic rings. The van der Waals surface area contributed by atoms with Crippen LogP contribution in [0.2, 0.25) is 0 Å². The van der Waals surface area contributed by atoms with E-state index in [9.17, 15) is 8.78 Å². The zero-order valence-corrected chi connectivity index (χ0v) is 16.5. The molecule has 3 nitrogen and oxygen atoms in total. The molecule has 1 aliphatic heterocycles. The van der Waals surface area contributed by atoms with Gasteiger partial charge in [-0.05, 0) is 68.9 Å². The van der Waals surface area contributed by atoms with Crippen LogP contribution in [0.5, 0.6) is 5.75 Å². The van der Waals surface area contributed by atoms with Crippen LogP contribution in [0, 0.1) is 17.6 Å². The van der Waals surface area contributed by atoms with Crippen molar-refractivity contribution in [3.63, 3.8) is 0 Å². The van der Waals surface area contributed by atoms with Gasteiger partial charge in [0.15, 0.2) is 11.6 Å². The molecule has 27 heavy (non-hydrogen) atoms. The molecule has 0 amide bonds. The van der Waals surface area contributed by atoms with Crippen LogP contribution in [-0.4, -0.2) is 32.0 Å². The van der Waals surface area contributed by atoms with Crippen LogP contribution < -0.4 is 4.74 Å². The Balaban J connectivity index is 1.46. The Morgan fingerprint density at radius 1 is 1.00 bits per heavy atom. The van der Waals surface area contributed by atoms with Gasteiger partial charge in [-0.3, -0.25) is 0 Å². The van der Waals surface area contributed by atoms with Crippen molar-refractivity contribution in [1.82, 2.24) is 0 Å². The molecular formula is C22H32F2O3. The maximum Gasteiger partial charge on any atom is 0.200 e. The van der Waals surface area contributed by atoms with Gasteiger partial charge in [-0.15, -0.1) is 0 Å². The quantitative estimate of drug-likeness (QED) is 0.613. The summed E-state index contributed by atoms with van der Waals surface area (Å²) in [6.07, 6.45) is 7.28. The van der Waals surface area contributed by atoms with Gasteiger partial charge in [-0.2, -0.15) is 4.39 Å². The zero-order chi connectivity index (χ0) is 19.2. The molecule has 1 heterocycles. The second-order valence-corrected chi connectivity index (χ2v) is 7.83. The minimum absolute atomic E-state index is 0.00596. The summed E-state index contributed by atoms with van der Waals surface area (Å²) >= 11 is 0. The van der Waals surface area contributed by atoms with E-state index in [1.165, 1.54) is 12.8 Å². The first-order chi connectivity index (χ1) is 13.1. The summed E-state index contributed by atoms with van der Waals surface area (Å²) in [4.78, 5) is 0. The van der Waals surface area contributed by atoms with Gasteiger partial charge in [0.1, 0.15) is 0 Å². The van der Waals surface area contributed by atoms with Crippen LogP contribution >= 0.6 is 0 Å². The third-order valence-electron chi connectivity index (χ3n) is 6.05. The van der Waals surface area contributed by atoms with Crippen LogP contribution in [0.3, 0.4) is 0 Å². The normalized spacial score (nSPS) is 28.9. The van der Waals surface area contributed by atoms with Crippen molar-refractivity contribution in [2.24, 2.45) is 5.92 Å². The highest BCUT2D eigenvalue weighted by Crippen LogP contribution is 2.37. The maximum absolute atomic E-state index is 14.4. The smallest absolute Gasteiger partial charge is 0.200 e. The van der Waals surface area contributed by atoms with E-state index in [-0.39, 0.29) is 23.9 Å². The molecule has 0 spiro atoms. The van der Waals surface area contributed by atoms with Gasteiger partial charge < -0.3 is 14.2 Å². The third-order valence-corrected chi connectivity index (χ3v) is 6.05. The molecule has 1 saturated carbocycles. The average molecular weight is 382 g/mol. The highest BCUT2D eigenvalue weighted by molar-refractivity contribution is 5.33. The zero-order valence-electron chi connectivity index (χ0n) is 16.5. The summed E-state index contributed by atoms with van der Waals surface area (Å²) in [5.74, 6) is -0.889. The first-order valence-corrected chi connectivity index (χ1v) is 10.5. The Hall–Kier alpha value is -1.20. The highest BCUT2D eigenvalue weighted by atomic mass is 19.2. The molecule has 2 atom stereocenters. The van der Waals surface area contributed by atoms with Crippen molar-refractivity contribution in [1.29, 1.82) is 0 Å². The maximum atomic E-state index is 14.4. The number of ether oxygens (including phenoxy) is 3. The fourth-order valence-electron chi connectivity index (χ4n) is 4.23. The van der Waals surface area contributed by atoms with Crippen molar-refractivity contribution in [3.05, 3.63) is 29.3 Å². The predicted molar refractivity (Wildman–Crippen MR) is 101 cm³/mol. The van der Waals surface area contributed by atoms with Gasteiger partial charge >= 0.3 is 0 Å². The Kier molecular flexibility index (Phi) is 7.48. The predicted octanol–water partition coefficient (Wildman–Crippen LogP) is 5.61. The number of hydrogen-bond donors (Lipinski definition) is 0. The largest absolute Gasteiger partial charge is 0.491 e. The van der Waals surface area contributed by atoms with E-state index in [1.54, 1.807) is 19.1 Å². The Bertz CT molecular complexity index is 591. The number of benzene rings is 1. The fraction of sp³-hybridized carbons (Fsp3) is 0.727. The molecule has 1 saturated heterocycles. The lowest BCUT2D eigenvalue weighted by Gasteiger charge is -2.32. The van der Waals surface area contributed by atoms with Crippen molar-refractivity contribution in [2.75, 3.05) is 19.8 Å². The van der Waals surface area contributed by atoms with Crippen LogP contribution in [0.1, 0.15) is 70.3 Å². The minimum Gasteiger partial charge on any atom is -0.491 e. The summed E-state index contributed by atoms with van der Waals surface area (Å²) in [6.45, 7) is 5.79. The summed E-state index contributed by atoms with van der Waals surface area (Å²) < 4.78 is 45.6. The molecule has 5 heteroatoms. The van der Waals surface area contributed by atoms with Crippen molar-refractivity contribution < 1.29 is 23.0 Å². The standard InChI is InChI=1S/C22H32F2O3/c1-3-15-5-8-18(26-13-15)14-27-17-9-6-16(7-10-17)19-11-12-20(25-4-2)22(24)21(19)23/h11-12,15-18H,3-10,13-14H2,1-2H3. The summed E-state index contributed by atoms with van der Waals surface area (Å²) in [6, 6.07) is 3.22. The first-order valence-electron chi connectivity index (χ1n) is 10.5. The third kappa shape index (κ3) is 5.20. The summed E-state index contributed by atoms with van der Waals surface area (Å²) in [7, 11) is 0. The Morgan fingerprint density at radius 3 is 2.41 bits per heavy atom. The van der Waals surface area contributed by atoms with Gasteiger partial charge in [-0.25, -0.2) is 4.39 Å². The van der Waals surface area contributed by atoms with E-state index in [0.717, 1.165) is 38.7 Å². The number of rotatable bonds is 7. The average Bonchev–Trinajstić information content (AvgIpc) is 2.71. The molecule has 3 rings (SSSR count). The van der Waals surface area contributed by atoms with Gasteiger partial charge in [-0.1, -0.05) is 19.4 Å². The van der Waals surface area contributed by atoms with Crippen LogP contribution in [0.25, 0.3) is 0 Å². The van der Waals surface area contributed by atoms with E-state index in [2.05, 4.69) is 6.92 Å². The molecule has 0 N–H and O–H groups in total. The van der Waals surface area contributed by atoms with Gasteiger partial charge in [0, 0.05) is 6.61 Å². The second kappa shape index (κ2) is 9.83. The molecular weight excluding hydrogens is 350 g/mol. The van der Waals surface area contributed by atoms with Gasteiger partial charge in [0.05, 0.1) is 25.4 Å². The summed E-state index contributed by atoms with van der Waals surface area (Å²) in [5, 5.41) is 0. The Morgan fingerprint density at radius 2 is 1.78 bits per heavy atom. The number of hydrogen-bond acceptors (Lipinski definition) is 3. The lowest BCUT2D eigenvalue weighted by Crippen LogP contribution is -2.32. The second-order valence-electron chi connectivity index (χ2n) is 7.83. The van der Waals surface area contributed by atoms with E-state index in [4.69, 9.17) is 14.2 Å². The van der Waals surface area contributed by atoms with E-state index in [1.807, 2.05) is 0 Å². The summed E-state index contributed by atoms with van der Waals surface area (Å²) in [5.41, 5.74) is 0.468. The molecule has 0 bridgehead atoms. The molecule has 152 valence electrons. The molecule has 2 unspecified atom stereocenters. The van der Waals surface area contributed by atoms with Crippen molar-refractivity contribution >= 4 is 0 Å². The fourth-order valence-corrected chi connectivity index (χ4v) is 4.23. The van der Waals surface area contributed by atoms with E-state index in [0.29, 0.717) is 24.7 Å². The first kappa shape index (κ1) is 20.5. The lowest BCUT2D eigenvalue weighted by atomic mass is 9.82. The molecule has 2 aliphatic rings. The number of halogens is 2. The molecule has 0 aromatic heterocycles. The van der Waals surface area contributed by atoms with Crippen molar-refractivity contribution in [3.8, 4) is 5.75 Å². The molecule has 1 aliphatic carbocycles. The highest BCUT2D eigenvalue weighted by Gasteiger charge is 2.28. The SMILES string of the molecule is CCOc1ccc(C2CCC(OCC3CCC(CC)CO3)CC2)c(F)c1F. The van der Waals surface area contributed by atoms with Crippen LogP contribution in [0.15, 0.2) is 12.1 Å². The van der Waals surface area contributed by atoms with E-state index < -0.39 is 11.6 Å².